The SMILES string of the molecule is c1ccc(-c2nc(-c3cccc4c3[se]c3c4ccc4ccc5ccccc5c43)nc(-c3cccc4oc5ccccc5c34)n2)cc1. The van der Waals surface area contributed by atoms with Crippen LogP contribution in [0.3, 0.4) is 0 Å². The minimum absolute atomic E-state index is 0.0609. The van der Waals surface area contributed by atoms with Crippen molar-refractivity contribution in [2.45, 2.75) is 0 Å². The van der Waals surface area contributed by atoms with Gasteiger partial charge in [-0.1, -0.05) is 0 Å². The molecule has 10 rings (SSSR count). The third kappa shape index (κ3) is 3.83. The summed E-state index contributed by atoms with van der Waals surface area (Å²) < 4.78 is 8.98. The molecule has 0 amide bonds. The molecule has 0 aliphatic carbocycles. The molecule has 0 bridgehead atoms. The Morgan fingerprint density at radius 2 is 1.02 bits per heavy atom. The van der Waals surface area contributed by atoms with Gasteiger partial charge in [-0.25, -0.2) is 0 Å². The molecular weight excluding hydrogens is 629 g/mol. The first-order valence-electron chi connectivity index (χ1n) is 15.3. The molecule has 7 aromatic carbocycles. The summed E-state index contributed by atoms with van der Waals surface area (Å²) in [6.07, 6.45) is 0. The van der Waals surface area contributed by atoms with Crippen LogP contribution >= 0.6 is 0 Å². The molecule has 0 fully saturated rings. The molecule has 3 aromatic heterocycles. The molecule has 5 heteroatoms. The van der Waals surface area contributed by atoms with Crippen LogP contribution in [0.2, 0.25) is 0 Å². The van der Waals surface area contributed by atoms with Crippen molar-refractivity contribution in [1.29, 1.82) is 0 Å². The molecule has 0 saturated carbocycles. The van der Waals surface area contributed by atoms with Crippen LogP contribution in [-0.4, -0.2) is 29.5 Å². The second kappa shape index (κ2) is 9.95. The van der Waals surface area contributed by atoms with E-state index < -0.39 is 0 Å². The van der Waals surface area contributed by atoms with Crippen molar-refractivity contribution in [3.63, 3.8) is 0 Å². The Morgan fingerprint density at radius 3 is 1.93 bits per heavy atom. The van der Waals surface area contributed by atoms with Crippen LogP contribution in [0, 0.1) is 0 Å². The van der Waals surface area contributed by atoms with Crippen LogP contribution in [0.4, 0.5) is 0 Å². The molecule has 3 heterocycles. The summed E-state index contributed by atoms with van der Waals surface area (Å²) in [5, 5.41) is 9.87. The Bertz CT molecular complexity index is 2820. The summed E-state index contributed by atoms with van der Waals surface area (Å²) in [4.78, 5) is 15.5. The monoisotopic (exact) mass is 653 g/mol. The van der Waals surface area contributed by atoms with E-state index in [2.05, 4.69) is 91.0 Å². The van der Waals surface area contributed by atoms with E-state index in [4.69, 9.17) is 19.4 Å². The number of fused-ring (bicyclic) bond motifs is 10. The molecule has 0 saturated heterocycles. The van der Waals surface area contributed by atoms with Crippen LogP contribution in [0.5, 0.6) is 0 Å². The first kappa shape index (κ1) is 25.7. The zero-order chi connectivity index (χ0) is 30.2. The van der Waals surface area contributed by atoms with Gasteiger partial charge in [-0.05, 0) is 0 Å². The third-order valence-corrected chi connectivity index (χ3v) is 11.6. The fraction of sp³-hybridized carbons (Fsp3) is 0. The number of nitrogens with zero attached hydrogens (tertiary/aromatic N) is 3. The Kier molecular flexibility index (Phi) is 5.56. The molecule has 0 unspecified atom stereocenters. The fourth-order valence-corrected chi connectivity index (χ4v) is 9.71. The van der Waals surface area contributed by atoms with Crippen LogP contribution in [0.1, 0.15) is 0 Å². The van der Waals surface area contributed by atoms with E-state index in [-0.39, 0.29) is 14.5 Å². The second-order valence-corrected chi connectivity index (χ2v) is 13.7. The summed E-state index contributed by atoms with van der Waals surface area (Å²) in [6, 6.07) is 48.8. The van der Waals surface area contributed by atoms with Gasteiger partial charge >= 0.3 is 270 Å². The van der Waals surface area contributed by atoms with Gasteiger partial charge in [-0.2, -0.15) is 0 Å². The van der Waals surface area contributed by atoms with E-state index in [1.807, 2.05) is 48.5 Å². The number of hydrogen-bond donors (Lipinski definition) is 0. The van der Waals surface area contributed by atoms with Gasteiger partial charge in [0, 0.05) is 0 Å². The van der Waals surface area contributed by atoms with Gasteiger partial charge < -0.3 is 0 Å². The van der Waals surface area contributed by atoms with E-state index >= 15 is 0 Å². The molecule has 0 N–H and O–H groups in total. The van der Waals surface area contributed by atoms with Gasteiger partial charge in [0.05, 0.1) is 0 Å². The Hall–Kier alpha value is -5.61. The normalized spacial score (nSPS) is 11.9. The summed E-state index contributed by atoms with van der Waals surface area (Å²) >= 11 is 0.0609. The fourth-order valence-electron chi connectivity index (χ4n) is 6.81. The molecule has 46 heavy (non-hydrogen) atoms. The van der Waals surface area contributed by atoms with Crippen molar-refractivity contribution in [1.82, 2.24) is 15.0 Å². The van der Waals surface area contributed by atoms with Crippen molar-refractivity contribution in [2.75, 3.05) is 0 Å². The standard InChI is InChI=1S/C41H23N3OSe/c1-2-11-26(12-3-1)39-42-40(31-16-9-19-34-36(31)30-14-6-7-18-33(30)45-34)44-41(43-39)32-17-8-15-28-29-23-22-25-21-20-24-10-4-5-13-27(24)35(25)38(29)46-37(28)32/h1-23H. The Balaban J connectivity index is 1.28. The number of para-hydroxylation sites is 1. The molecule has 0 atom stereocenters. The van der Waals surface area contributed by atoms with E-state index in [0.717, 1.165) is 38.6 Å². The van der Waals surface area contributed by atoms with Crippen LogP contribution < -0.4 is 0 Å². The molecule has 214 valence electrons. The van der Waals surface area contributed by atoms with Gasteiger partial charge in [0.2, 0.25) is 0 Å². The number of furan rings is 1. The van der Waals surface area contributed by atoms with E-state index in [0.29, 0.717) is 17.5 Å². The maximum absolute atomic E-state index is 6.24. The van der Waals surface area contributed by atoms with Crippen molar-refractivity contribution in [3.8, 4) is 34.2 Å². The van der Waals surface area contributed by atoms with Crippen LogP contribution in [-0.2, 0) is 0 Å². The van der Waals surface area contributed by atoms with Crippen molar-refractivity contribution in [2.24, 2.45) is 0 Å². The van der Waals surface area contributed by atoms with Gasteiger partial charge in [0.15, 0.2) is 0 Å². The Morgan fingerprint density at radius 1 is 0.391 bits per heavy atom. The van der Waals surface area contributed by atoms with Gasteiger partial charge in [0.1, 0.15) is 0 Å². The zero-order valence-corrected chi connectivity index (χ0v) is 26.2. The number of benzene rings is 7. The molecule has 0 radical (unpaired) electrons. The molecule has 0 aliphatic rings. The average molecular weight is 653 g/mol. The first-order valence-corrected chi connectivity index (χ1v) is 17.0. The summed E-state index contributed by atoms with van der Waals surface area (Å²) in [5.74, 6) is 1.98. The molecule has 0 aliphatic heterocycles. The van der Waals surface area contributed by atoms with Crippen molar-refractivity contribution < 1.29 is 4.42 Å². The van der Waals surface area contributed by atoms with Crippen molar-refractivity contribution >= 4 is 77.3 Å². The molecular formula is C41H23N3OSe. The maximum atomic E-state index is 6.24. The van der Waals surface area contributed by atoms with Crippen LogP contribution in [0.25, 0.3) is 96.9 Å². The van der Waals surface area contributed by atoms with Gasteiger partial charge in [-0.15, -0.1) is 0 Å². The van der Waals surface area contributed by atoms with Gasteiger partial charge in [0.25, 0.3) is 0 Å². The zero-order valence-electron chi connectivity index (χ0n) is 24.4. The topological polar surface area (TPSA) is 51.8 Å². The predicted octanol–water partition coefficient (Wildman–Crippen LogP) is 10.4. The predicted molar refractivity (Wildman–Crippen MR) is 190 cm³/mol. The molecule has 10 aromatic rings. The van der Waals surface area contributed by atoms with E-state index in [1.165, 1.54) is 40.8 Å². The van der Waals surface area contributed by atoms with Gasteiger partial charge in [-0.3, -0.25) is 0 Å². The minimum atomic E-state index is 0.0609. The molecule has 4 nitrogen and oxygen atoms in total. The second-order valence-electron chi connectivity index (χ2n) is 11.6. The number of aromatic nitrogens is 3. The summed E-state index contributed by atoms with van der Waals surface area (Å²) in [6.45, 7) is 0. The first-order chi connectivity index (χ1) is 22.8. The van der Waals surface area contributed by atoms with Crippen LogP contribution in [0.15, 0.2) is 144 Å². The number of rotatable bonds is 3. The number of hydrogen-bond acceptors (Lipinski definition) is 4. The van der Waals surface area contributed by atoms with E-state index in [9.17, 15) is 0 Å². The quantitative estimate of drug-likeness (QED) is 0.141. The summed E-state index contributed by atoms with van der Waals surface area (Å²) in [7, 11) is 0. The summed E-state index contributed by atoms with van der Waals surface area (Å²) in [5.41, 5.74) is 4.62. The Labute approximate surface area is 269 Å². The average Bonchev–Trinajstić information content (AvgIpc) is 3.70. The molecule has 0 spiro atoms. The van der Waals surface area contributed by atoms with Crippen molar-refractivity contribution in [3.05, 3.63) is 140 Å². The van der Waals surface area contributed by atoms with E-state index in [1.54, 1.807) is 0 Å². The third-order valence-electron chi connectivity index (χ3n) is 8.92.